The second-order valence-corrected chi connectivity index (χ2v) is 6.10. The third kappa shape index (κ3) is 2.97. The van der Waals surface area contributed by atoms with Crippen molar-refractivity contribution in [3.05, 3.63) is 34.4 Å². The minimum Gasteiger partial charge on any atom is -0.298 e. The summed E-state index contributed by atoms with van der Waals surface area (Å²) in [7, 11) is 0. The van der Waals surface area contributed by atoms with Gasteiger partial charge in [0.25, 0.3) is 0 Å². The van der Waals surface area contributed by atoms with E-state index in [0.717, 1.165) is 16.7 Å². The maximum Gasteiger partial charge on any atom is 0.151 e. The summed E-state index contributed by atoms with van der Waals surface area (Å²) in [6.45, 7) is 7.78. The molecule has 0 radical (unpaired) electrons. The SMILES string of the molecule is CCC(=O)C1C(=O)CC(c2c(C)cc(C)cc2C)CC1=O. The molecule has 0 N–H and O–H groups in total. The Labute approximate surface area is 125 Å². The number of carbonyl (C=O) groups excluding carboxylic acids is 3. The van der Waals surface area contributed by atoms with Crippen molar-refractivity contribution in [1.29, 1.82) is 0 Å². The van der Waals surface area contributed by atoms with Gasteiger partial charge in [0.2, 0.25) is 0 Å². The number of rotatable bonds is 3. The molecule has 0 bridgehead atoms. The highest BCUT2D eigenvalue weighted by Crippen LogP contribution is 2.36. The number of aryl methyl sites for hydroxylation is 3. The normalized spacial score (nSPS) is 22.5. The minimum atomic E-state index is -1.00. The van der Waals surface area contributed by atoms with E-state index in [4.69, 9.17) is 0 Å². The van der Waals surface area contributed by atoms with Gasteiger partial charge in [-0.25, -0.2) is 0 Å². The maximum absolute atomic E-state index is 12.2. The minimum absolute atomic E-state index is 0.0773. The van der Waals surface area contributed by atoms with Crippen molar-refractivity contribution >= 4 is 17.3 Å². The first-order valence-electron chi connectivity index (χ1n) is 7.51. The standard InChI is InChI=1S/C18H22O3/c1-5-14(19)18-15(20)8-13(9-16(18)21)17-11(3)6-10(2)7-12(17)4/h6-7,13,18H,5,8-9H2,1-4H3. The van der Waals surface area contributed by atoms with Gasteiger partial charge < -0.3 is 0 Å². The predicted molar refractivity (Wildman–Crippen MR) is 81.4 cm³/mol. The molecule has 0 aliphatic heterocycles. The number of hydrogen-bond donors (Lipinski definition) is 0. The van der Waals surface area contributed by atoms with Gasteiger partial charge >= 0.3 is 0 Å². The first-order valence-corrected chi connectivity index (χ1v) is 7.51. The number of hydrogen-bond acceptors (Lipinski definition) is 3. The van der Waals surface area contributed by atoms with Crippen molar-refractivity contribution in [1.82, 2.24) is 0 Å². The lowest BCUT2D eigenvalue weighted by atomic mass is 9.73. The molecule has 21 heavy (non-hydrogen) atoms. The third-order valence-electron chi connectivity index (χ3n) is 4.36. The molecule has 3 heteroatoms. The van der Waals surface area contributed by atoms with Crippen molar-refractivity contribution < 1.29 is 14.4 Å². The fraction of sp³-hybridized carbons (Fsp3) is 0.500. The van der Waals surface area contributed by atoms with Gasteiger partial charge in [0, 0.05) is 19.3 Å². The lowest BCUT2D eigenvalue weighted by Crippen LogP contribution is -2.38. The molecule has 1 aromatic rings. The van der Waals surface area contributed by atoms with Crippen molar-refractivity contribution in [2.45, 2.75) is 52.9 Å². The van der Waals surface area contributed by atoms with Gasteiger partial charge in [0.1, 0.15) is 5.92 Å². The highest BCUT2D eigenvalue weighted by Gasteiger charge is 2.40. The average molecular weight is 286 g/mol. The molecule has 3 nitrogen and oxygen atoms in total. The molecule has 1 aliphatic rings. The Morgan fingerprint density at radius 2 is 1.52 bits per heavy atom. The van der Waals surface area contributed by atoms with Crippen LogP contribution in [0.1, 0.15) is 54.4 Å². The zero-order chi connectivity index (χ0) is 15.7. The Morgan fingerprint density at radius 3 is 1.95 bits per heavy atom. The smallest absolute Gasteiger partial charge is 0.151 e. The van der Waals surface area contributed by atoms with E-state index in [2.05, 4.69) is 12.1 Å². The van der Waals surface area contributed by atoms with Gasteiger partial charge in [-0.05, 0) is 43.4 Å². The quantitative estimate of drug-likeness (QED) is 0.802. The van der Waals surface area contributed by atoms with Crippen LogP contribution in [0.4, 0.5) is 0 Å². The molecule has 0 atom stereocenters. The van der Waals surface area contributed by atoms with Crippen LogP contribution in [0.3, 0.4) is 0 Å². The summed E-state index contributed by atoms with van der Waals surface area (Å²) in [5, 5.41) is 0. The zero-order valence-corrected chi connectivity index (χ0v) is 13.2. The van der Waals surface area contributed by atoms with Crippen LogP contribution in [0.25, 0.3) is 0 Å². The van der Waals surface area contributed by atoms with Gasteiger partial charge in [0.15, 0.2) is 17.3 Å². The molecule has 0 saturated heterocycles. The average Bonchev–Trinajstić information content (AvgIpc) is 2.36. The topological polar surface area (TPSA) is 51.2 Å². The van der Waals surface area contributed by atoms with Crippen LogP contribution in [-0.2, 0) is 14.4 Å². The molecular weight excluding hydrogens is 264 g/mol. The van der Waals surface area contributed by atoms with Gasteiger partial charge in [-0.15, -0.1) is 0 Å². The van der Waals surface area contributed by atoms with Crippen molar-refractivity contribution in [2.75, 3.05) is 0 Å². The Balaban J connectivity index is 2.32. The van der Waals surface area contributed by atoms with E-state index in [-0.39, 0.29) is 29.7 Å². The van der Waals surface area contributed by atoms with Gasteiger partial charge in [0.05, 0.1) is 0 Å². The van der Waals surface area contributed by atoms with Crippen LogP contribution in [0, 0.1) is 26.7 Å². The van der Waals surface area contributed by atoms with E-state index in [9.17, 15) is 14.4 Å². The zero-order valence-electron chi connectivity index (χ0n) is 13.2. The predicted octanol–water partition coefficient (Wildman–Crippen LogP) is 3.22. The summed E-state index contributed by atoms with van der Waals surface area (Å²) in [6.07, 6.45) is 0.842. The highest BCUT2D eigenvalue weighted by molar-refractivity contribution is 6.20. The third-order valence-corrected chi connectivity index (χ3v) is 4.36. The Kier molecular flexibility index (Phi) is 4.40. The Bertz CT molecular complexity index is 572. The van der Waals surface area contributed by atoms with E-state index >= 15 is 0 Å². The summed E-state index contributed by atoms with van der Waals surface area (Å²) in [5.41, 5.74) is 4.53. The lowest BCUT2D eigenvalue weighted by Gasteiger charge is -2.28. The molecule has 1 saturated carbocycles. The van der Waals surface area contributed by atoms with Crippen LogP contribution in [-0.4, -0.2) is 17.3 Å². The summed E-state index contributed by atoms with van der Waals surface area (Å²) >= 11 is 0. The van der Waals surface area contributed by atoms with Crippen LogP contribution in [0.15, 0.2) is 12.1 Å². The van der Waals surface area contributed by atoms with E-state index in [0.29, 0.717) is 12.8 Å². The van der Waals surface area contributed by atoms with E-state index in [1.54, 1.807) is 6.92 Å². The van der Waals surface area contributed by atoms with Crippen LogP contribution in [0.5, 0.6) is 0 Å². The second-order valence-electron chi connectivity index (χ2n) is 6.10. The fourth-order valence-electron chi connectivity index (χ4n) is 3.58. The Morgan fingerprint density at radius 1 is 1.05 bits per heavy atom. The number of ketones is 3. The molecular formula is C18H22O3. The van der Waals surface area contributed by atoms with E-state index in [1.165, 1.54) is 5.56 Å². The maximum atomic E-state index is 12.2. The van der Waals surface area contributed by atoms with Crippen molar-refractivity contribution in [3.63, 3.8) is 0 Å². The summed E-state index contributed by atoms with van der Waals surface area (Å²) in [5.74, 6) is -1.73. The monoisotopic (exact) mass is 286 g/mol. The summed E-state index contributed by atoms with van der Waals surface area (Å²) in [4.78, 5) is 36.2. The van der Waals surface area contributed by atoms with Gasteiger partial charge in [-0.2, -0.15) is 0 Å². The number of carbonyl (C=O) groups is 3. The molecule has 2 rings (SSSR count). The number of benzene rings is 1. The first-order chi connectivity index (χ1) is 9.85. The van der Waals surface area contributed by atoms with Crippen LogP contribution in [0.2, 0.25) is 0 Å². The molecule has 0 amide bonds. The number of Topliss-reactive ketones (excluding diaryl/α,β-unsaturated/α-hetero) is 3. The molecule has 1 fully saturated rings. The molecule has 112 valence electrons. The molecule has 0 unspecified atom stereocenters. The van der Waals surface area contributed by atoms with Crippen LogP contribution >= 0.6 is 0 Å². The highest BCUT2D eigenvalue weighted by atomic mass is 16.2. The van der Waals surface area contributed by atoms with Crippen molar-refractivity contribution in [2.24, 2.45) is 5.92 Å². The molecule has 1 aliphatic carbocycles. The Hall–Kier alpha value is -1.77. The summed E-state index contributed by atoms with van der Waals surface area (Å²) < 4.78 is 0. The van der Waals surface area contributed by atoms with Gasteiger partial charge in [-0.3, -0.25) is 14.4 Å². The largest absolute Gasteiger partial charge is 0.298 e. The molecule has 0 heterocycles. The van der Waals surface area contributed by atoms with E-state index < -0.39 is 5.92 Å². The lowest BCUT2D eigenvalue weighted by molar-refractivity contribution is -0.142. The molecule has 1 aromatic carbocycles. The second kappa shape index (κ2) is 5.92. The first kappa shape index (κ1) is 15.6. The molecule has 0 spiro atoms. The molecule has 0 aromatic heterocycles. The van der Waals surface area contributed by atoms with Crippen LogP contribution < -0.4 is 0 Å². The van der Waals surface area contributed by atoms with E-state index in [1.807, 2.05) is 20.8 Å². The summed E-state index contributed by atoms with van der Waals surface area (Å²) in [6, 6.07) is 4.17. The van der Waals surface area contributed by atoms with Crippen molar-refractivity contribution in [3.8, 4) is 0 Å². The fourth-order valence-corrected chi connectivity index (χ4v) is 3.58. The van der Waals surface area contributed by atoms with Gasteiger partial charge in [-0.1, -0.05) is 24.6 Å².